The van der Waals surface area contributed by atoms with Gasteiger partial charge in [0.25, 0.3) is 0 Å². The number of benzene rings is 1. The molecule has 6 heteroatoms. The molecular formula is C14H12F2N2OS. The van der Waals surface area contributed by atoms with Crippen LogP contribution in [0.1, 0.15) is 29.5 Å². The van der Waals surface area contributed by atoms with Crippen LogP contribution in [0, 0.1) is 23.0 Å². The van der Waals surface area contributed by atoms with E-state index in [9.17, 15) is 14.0 Å². The molecule has 0 saturated heterocycles. The summed E-state index contributed by atoms with van der Waals surface area (Å²) in [6, 6.07) is 5.62. The highest BCUT2D eigenvalue weighted by atomic mass is 32.1. The molecule has 0 aliphatic rings. The van der Waals surface area contributed by atoms with Crippen molar-refractivity contribution < 1.29 is 13.9 Å². The second-order valence-corrected chi connectivity index (χ2v) is 4.99. The second kappa shape index (κ2) is 6.55. The first-order valence-electron chi connectivity index (χ1n) is 6.01. The number of aliphatic hydroxyl groups is 1. The summed E-state index contributed by atoms with van der Waals surface area (Å²) in [5, 5.41) is 20.2. The van der Waals surface area contributed by atoms with E-state index in [1.165, 1.54) is 17.4 Å². The summed E-state index contributed by atoms with van der Waals surface area (Å²) >= 11 is 1.31. The fourth-order valence-electron chi connectivity index (χ4n) is 2.22. The first kappa shape index (κ1) is 14.6. The Balaban J connectivity index is 2.48. The number of hydrogen-bond donors (Lipinski definition) is 1. The van der Waals surface area contributed by atoms with Crippen molar-refractivity contribution in [3.8, 4) is 6.07 Å². The Morgan fingerprint density at radius 1 is 1.35 bits per heavy atom. The summed E-state index contributed by atoms with van der Waals surface area (Å²) in [5.41, 5.74) is 1.87. The molecule has 104 valence electrons. The monoisotopic (exact) mass is 294 g/mol. The number of rotatable bonds is 5. The van der Waals surface area contributed by atoms with Crippen molar-refractivity contribution in [1.29, 1.82) is 5.26 Å². The van der Waals surface area contributed by atoms with Gasteiger partial charge in [-0.1, -0.05) is 6.07 Å². The molecule has 0 saturated carbocycles. The van der Waals surface area contributed by atoms with E-state index in [1.807, 2.05) is 6.07 Å². The summed E-state index contributed by atoms with van der Waals surface area (Å²) in [5.74, 6) is -2.98. The summed E-state index contributed by atoms with van der Waals surface area (Å²) in [4.78, 5) is 4.04. The van der Waals surface area contributed by atoms with Gasteiger partial charge in [0, 0.05) is 23.5 Å². The van der Waals surface area contributed by atoms with Gasteiger partial charge in [-0.2, -0.15) is 5.26 Å². The number of halogens is 2. The molecule has 0 fully saturated rings. The Bertz CT molecular complexity index is 590. The Morgan fingerprint density at radius 3 is 2.55 bits per heavy atom. The Morgan fingerprint density at radius 2 is 2.05 bits per heavy atom. The Kier molecular flexibility index (Phi) is 4.77. The van der Waals surface area contributed by atoms with Crippen LogP contribution in [0.3, 0.4) is 0 Å². The smallest absolute Gasteiger partial charge is 0.129 e. The molecular weight excluding hydrogens is 282 g/mol. The molecule has 1 heterocycles. The normalized spacial score (nSPS) is 13.7. The lowest BCUT2D eigenvalue weighted by atomic mass is 9.82. The first-order valence-corrected chi connectivity index (χ1v) is 6.95. The standard InChI is InChI=1S/C14H12F2N2OS/c15-11-2-1-3-12(16)14(11)9(4-5-19)10(6-17)13-7-20-8-18-13/h1-3,7-10,19H,4-5H2/t9-,10-/m0/s1. The highest BCUT2D eigenvalue weighted by molar-refractivity contribution is 7.07. The van der Waals surface area contributed by atoms with E-state index in [4.69, 9.17) is 5.11 Å². The lowest BCUT2D eigenvalue weighted by Crippen LogP contribution is -2.15. The number of nitriles is 1. The molecule has 0 bridgehead atoms. The Hall–Kier alpha value is -1.84. The van der Waals surface area contributed by atoms with E-state index < -0.39 is 23.5 Å². The first-order chi connectivity index (χ1) is 9.69. The SMILES string of the molecule is N#C[C@H](c1cscn1)[C@H](CCO)c1c(F)cccc1F. The third-order valence-electron chi connectivity index (χ3n) is 3.12. The number of thiazole rings is 1. The molecule has 3 nitrogen and oxygen atoms in total. The maximum Gasteiger partial charge on any atom is 0.129 e. The van der Waals surface area contributed by atoms with Crippen molar-refractivity contribution in [3.63, 3.8) is 0 Å². The number of aromatic nitrogens is 1. The van der Waals surface area contributed by atoms with Crippen LogP contribution in [0.25, 0.3) is 0 Å². The van der Waals surface area contributed by atoms with E-state index in [1.54, 1.807) is 10.9 Å². The molecule has 0 amide bonds. The van der Waals surface area contributed by atoms with Crippen LogP contribution in [-0.4, -0.2) is 16.7 Å². The maximum atomic E-state index is 13.9. The van der Waals surface area contributed by atoms with Gasteiger partial charge in [0.05, 0.1) is 23.2 Å². The highest BCUT2D eigenvalue weighted by Gasteiger charge is 2.30. The molecule has 2 rings (SSSR count). The van der Waals surface area contributed by atoms with E-state index >= 15 is 0 Å². The molecule has 1 aromatic heterocycles. The van der Waals surface area contributed by atoms with E-state index in [2.05, 4.69) is 4.98 Å². The topological polar surface area (TPSA) is 56.9 Å². The van der Waals surface area contributed by atoms with Crippen LogP contribution in [0.15, 0.2) is 29.1 Å². The minimum absolute atomic E-state index is 0.0909. The van der Waals surface area contributed by atoms with Crippen LogP contribution >= 0.6 is 11.3 Å². The molecule has 1 aromatic carbocycles. The predicted octanol–water partition coefficient (Wildman–Crippen LogP) is 3.19. The van der Waals surface area contributed by atoms with Crippen molar-refractivity contribution in [1.82, 2.24) is 4.98 Å². The third kappa shape index (κ3) is 2.84. The van der Waals surface area contributed by atoms with Crippen LogP contribution in [0.5, 0.6) is 0 Å². The van der Waals surface area contributed by atoms with Gasteiger partial charge in [-0.15, -0.1) is 11.3 Å². The van der Waals surface area contributed by atoms with Crippen LogP contribution in [0.4, 0.5) is 8.78 Å². The summed E-state index contributed by atoms with van der Waals surface area (Å²) in [6.45, 7) is -0.263. The molecule has 0 radical (unpaired) electrons. The number of hydrogen-bond acceptors (Lipinski definition) is 4. The van der Waals surface area contributed by atoms with E-state index in [-0.39, 0.29) is 18.6 Å². The zero-order chi connectivity index (χ0) is 14.5. The molecule has 1 N–H and O–H groups in total. The van der Waals surface area contributed by atoms with Gasteiger partial charge in [0.1, 0.15) is 11.6 Å². The van der Waals surface area contributed by atoms with Crippen LogP contribution < -0.4 is 0 Å². The van der Waals surface area contributed by atoms with Crippen LogP contribution in [0.2, 0.25) is 0 Å². The largest absolute Gasteiger partial charge is 0.396 e. The van der Waals surface area contributed by atoms with Crippen molar-refractivity contribution in [2.75, 3.05) is 6.61 Å². The Labute approximate surface area is 119 Å². The minimum atomic E-state index is -0.792. The van der Waals surface area contributed by atoms with Gasteiger partial charge in [-0.3, -0.25) is 0 Å². The lowest BCUT2D eigenvalue weighted by Gasteiger charge is -2.21. The number of nitrogens with zero attached hydrogens (tertiary/aromatic N) is 2. The van der Waals surface area contributed by atoms with Gasteiger partial charge in [0.15, 0.2) is 0 Å². The van der Waals surface area contributed by atoms with E-state index in [0.29, 0.717) is 5.69 Å². The molecule has 0 spiro atoms. The summed E-state index contributed by atoms with van der Waals surface area (Å²) < 4.78 is 27.8. The van der Waals surface area contributed by atoms with Crippen molar-refractivity contribution >= 4 is 11.3 Å². The zero-order valence-electron chi connectivity index (χ0n) is 10.5. The zero-order valence-corrected chi connectivity index (χ0v) is 11.3. The highest BCUT2D eigenvalue weighted by Crippen LogP contribution is 2.37. The second-order valence-electron chi connectivity index (χ2n) is 4.27. The van der Waals surface area contributed by atoms with Crippen LogP contribution in [-0.2, 0) is 0 Å². The van der Waals surface area contributed by atoms with Gasteiger partial charge < -0.3 is 5.11 Å². The molecule has 0 aliphatic carbocycles. The third-order valence-corrected chi connectivity index (χ3v) is 3.73. The van der Waals surface area contributed by atoms with Crippen molar-refractivity contribution in [2.45, 2.75) is 18.3 Å². The predicted molar refractivity (Wildman–Crippen MR) is 71.3 cm³/mol. The van der Waals surface area contributed by atoms with Gasteiger partial charge in [-0.25, -0.2) is 13.8 Å². The average molecular weight is 294 g/mol. The summed E-state index contributed by atoms with van der Waals surface area (Å²) in [7, 11) is 0. The van der Waals surface area contributed by atoms with Gasteiger partial charge in [-0.05, 0) is 18.6 Å². The average Bonchev–Trinajstić information content (AvgIpc) is 2.93. The van der Waals surface area contributed by atoms with Crippen molar-refractivity contribution in [2.24, 2.45) is 0 Å². The molecule has 2 atom stereocenters. The number of aliphatic hydroxyl groups excluding tert-OH is 1. The molecule has 0 unspecified atom stereocenters. The van der Waals surface area contributed by atoms with Gasteiger partial charge in [0.2, 0.25) is 0 Å². The fourth-order valence-corrected chi connectivity index (χ4v) is 2.81. The molecule has 2 aromatic rings. The molecule has 20 heavy (non-hydrogen) atoms. The molecule has 0 aliphatic heterocycles. The summed E-state index contributed by atoms with van der Waals surface area (Å²) in [6.07, 6.45) is 0.0909. The maximum absolute atomic E-state index is 13.9. The minimum Gasteiger partial charge on any atom is -0.396 e. The quantitative estimate of drug-likeness (QED) is 0.921. The van der Waals surface area contributed by atoms with E-state index in [0.717, 1.165) is 12.1 Å². The van der Waals surface area contributed by atoms with Gasteiger partial charge >= 0.3 is 0 Å². The van der Waals surface area contributed by atoms with Crippen molar-refractivity contribution in [3.05, 3.63) is 52.0 Å². The lowest BCUT2D eigenvalue weighted by molar-refractivity contribution is 0.268. The fraction of sp³-hybridized carbons (Fsp3) is 0.286.